The molecule has 126 valence electrons. The molecule has 6 heteroatoms. The van der Waals surface area contributed by atoms with Gasteiger partial charge in [-0.25, -0.2) is 8.42 Å². The van der Waals surface area contributed by atoms with Crippen molar-refractivity contribution in [2.75, 3.05) is 13.1 Å². The van der Waals surface area contributed by atoms with E-state index in [0.717, 1.165) is 5.56 Å². The van der Waals surface area contributed by atoms with E-state index in [-0.39, 0.29) is 18.0 Å². The molecular formula is C18H20N2O3S. The molecular weight excluding hydrogens is 324 g/mol. The fourth-order valence-electron chi connectivity index (χ4n) is 2.33. The van der Waals surface area contributed by atoms with Gasteiger partial charge in [-0.05, 0) is 36.8 Å². The zero-order valence-corrected chi connectivity index (χ0v) is 14.5. The van der Waals surface area contributed by atoms with Crippen molar-refractivity contribution in [2.24, 2.45) is 0 Å². The Kier molecular flexibility index (Phi) is 5.73. The molecule has 0 bridgehead atoms. The highest BCUT2D eigenvalue weighted by Gasteiger charge is 2.25. The van der Waals surface area contributed by atoms with Crippen molar-refractivity contribution >= 4 is 10.0 Å². The molecule has 1 N–H and O–H groups in total. The van der Waals surface area contributed by atoms with E-state index in [0.29, 0.717) is 11.1 Å². The molecule has 1 atom stereocenters. The molecule has 2 aromatic carbocycles. The van der Waals surface area contributed by atoms with E-state index in [4.69, 9.17) is 5.26 Å². The minimum Gasteiger partial charge on any atom is -0.387 e. The third kappa shape index (κ3) is 4.01. The third-order valence-electron chi connectivity index (χ3n) is 3.81. The summed E-state index contributed by atoms with van der Waals surface area (Å²) in [7, 11) is -3.72. The highest BCUT2D eigenvalue weighted by atomic mass is 32.2. The zero-order valence-electron chi connectivity index (χ0n) is 13.7. The van der Waals surface area contributed by atoms with E-state index in [1.54, 1.807) is 19.1 Å². The van der Waals surface area contributed by atoms with Gasteiger partial charge in [-0.1, -0.05) is 36.8 Å². The quantitative estimate of drug-likeness (QED) is 0.873. The van der Waals surface area contributed by atoms with Crippen molar-refractivity contribution in [3.63, 3.8) is 0 Å². The van der Waals surface area contributed by atoms with Crippen LogP contribution in [-0.4, -0.2) is 30.9 Å². The van der Waals surface area contributed by atoms with Gasteiger partial charge in [0.2, 0.25) is 10.0 Å². The predicted octanol–water partition coefficient (Wildman–Crippen LogP) is 2.61. The molecule has 24 heavy (non-hydrogen) atoms. The lowest BCUT2D eigenvalue weighted by atomic mass is 10.1. The Morgan fingerprint density at radius 2 is 1.71 bits per heavy atom. The molecule has 5 nitrogen and oxygen atoms in total. The number of nitriles is 1. The maximum Gasteiger partial charge on any atom is 0.243 e. The van der Waals surface area contributed by atoms with Gasteiger partial charge in [0.05, 0.1) is 22.6 Å². The average molecular weight is 344 g/mol. The first-order valence-electron chi connectivity index (χ1n) is 7.63. The van der Waals surface area contributed by atoms with Crippen molar-refractivity contribution in [2.45, 2.75) is 24.8 Å². The molecule has 0 aliphatic carbocycles. The maximum atomic E-state index is 12.7. The van der Waals surface area contributed by atoms with Crippen LogP contribution in [0.4, 0.5) is 0 Å². The summed E-state index contributed by atoms with van der Waals surface area (Å²) in [5.74, 6) is 0. The van der Waals surface area contributed by atoms with Gasteiger partial charge >= 0.3 is 0 Å². The first-order chi connectivity index (χ1) is 11.4. The Morgan fingerprint density at radius 3 is 2.21 bits per heavy atom. The molecule has 0 aliphatic heterocycles. The van der Waals surface area contributed by atoms with Crippen LogP contribution in [0.2, 0.25) is 0 Å². The van der Waals surface area contributed by atoms with Crippen LogP contribution in [0.1, 0.15) is 29.7 Å². The lowest BCUT2D eigenvalue weighted by Crippen LogP contribution is -2.34. The highest BCUT2D eigenvalue weighted by Crippen LogP contribution is 2.21. The predicted molar refractivity (Wildman–Crippen MR) is 91.7 cm³/mol. The van der Waals surface area contributed by atoms with Crippen LogP contribution in [0, 0.1) is 18.3 Å². The van der Waals surface area contributed by atoms with E-state index < -0.39 is 16.1 Å². The Hall–Kier alpha value is -2.20. The van der Waals surface area contributed by atoms with Crippen LogP contribution in [0.15, 0.2) is 53.4 Å². The van der Waals surface area contributed by atoms with Gasteiger partial charge < -0.3 is 5.11 Å². The first kappa shape index (κ1) is 18.1. The third-order valence-corrected chi connectivity index (χ3v) is 5.77. The standard InChI is InChI=1S/C18H20N2O3S/c1-3-20(13-18(21)16-8-4-14(2)5-9-16)24(22,23)17-10-6-15(12-19)7-11-17/h4-11,18,21H,3,13H2,1-2H3. The summed E-state index contributed by atoms with van der Waals surface area (Å²) in [5, 5.41) is 19.2. The summed E-state index contributed by atoms with van der Waals surface area (Å²) in [5.41, 5.74) is 2.15. The van der Waals surface area contributed by atoms with Gasteiger partial charge in [-0.3, -0.25) is 0 Å². The molecule has 2 rings (SSSR count). The Balaban J connectivity index is 2.22. The average Bonchev–Trinajstić information content (AvgIpc) is 2.59. The SMILES string of the molecule is CCN(CC(O)c1ccc(C)cc1)S(=O)(=O)c1ccc(C#N)cc1. The summed E-state index contributed by atoms with van der Waals surface area (Å²) >= 11 is 0. The van der Waals surface area contributed by atoms with E-state index in [9.17, 15) is 13.5 Å². The van der Waals surface area contributed by atoms with E-state index in [1.807, 2.05) is 25.1 Å². The summed E-state index contributed by atoms with van der Waals surface area (Å²) in [6, 6.07) is 15.1. The molecule has 2 aromatic rings. The lowest BCUT2D eigenvalue weighted by molar-refractivity contribution is 0.149. The Bertz CT molecular complexity index is 822. The van der Waals surface area contributed by atoms with Gasteiger partial charge in [0.15, 0.2) is 0 Å². The molecule has 0 heterocycles. The smallest absolute Gasteiger partial charge is 0.243 e. The lowest BCUT2D eigenvalue weighted by Gasteiger charge is -2.23. The summed E-state index contributed by atoms with van der Waals surface area (Å²) in [6.07, 6.45) is -0.904. The van der Waals surface area contributed by atoms with Gasteiger partial charge in [-0.15, -0.1) is 0 Å². The number of aliphatic hydroxyl groups is 1. The summed E-state index contributed by atoms with van der Waals surface area (Å²) in [4.78, 5) is 0.111. The molecule has 1 unspecified atom stereocenters. The van der Waals surface area contributed by atoms with E-state index >= 15 is 0 Å². The minimum absolute atomic E-state index is 0.0259. The van der Waals surface area contributed by atoms with E-state index in [1.165, 1.54) is 28.6 Å². The van der Waals surface area contributed by atoms with Crippen molar-refractivity contribution in [1.29, 1.82) is 5.26 Å². The monoisotopic (exact) mass is 344 g/mol. The number of benzene rings is 2. The fourth-order valence-corrected chi connectivity index (χ4v) is 3.79. The molecule has 0 amide bonds. The van der Waals surface area contributed by atoms with Crippen LogP contribution in [0.3, 0.4) is 0 Å². The molecule has 0 radical (unpaired) electrons. The summed E-state index contributed by atoms with van der Waals surface area (Å²) < 4.78 is 26.7. The molecule has 0 aliphatic rings. The number of nitrogens with zero attached hydrogens (tertiary/aromatic N) is 2. The number of hydrogen-bond donors (Lipinski definition) is 1. The second-order valence-electron chi connectivity index (χ2n) is 5.52. The van der Waals surface area contributed by atoms with E-state index in [2.05, 4.69) is 0 Å². The van der Waals surface area contributed by atoms with Gasteiger partial charge in [0.1, 0.15) is 0 Å². The van der Waals surface area contributed by atoms with Crippen LogP contribution < -0.4 is 0 Å². The van der Waals surface area contributed by atoms with Crippen molar-refractivity contribution < 1.29 is 13.5 Å². The maximum absolute atomic E-state index is 12.7. The van der Waals surface area contributed by atoms with Gasteiger partial charge in [0.25, 0.3) is 0 Å². The van der Waals surface area contributed by atoms with Crippen molar-refractivity contribution in [3.05, 3.63) is 65.2 Å². The van der Waals surface area contributed by atoms with Crippen molar-refractivity contribution in [1.82, 2.24) is 4.31 Å². The van der Waals surface area contributed by atoms with Crippen LogP contribution in [-0.2, 0) is 10.0 Å². The summed E-state index contributed by atoms with van der Waals surface area (Å²) in [6.45, 7) is 3.89. The number of sulfonamides is 1. The molecule has 0 spiro atoms. The molecule has 0 saturated heterocycles. The fraction of sp³-hybridized carbons (Fsp3) is 0.278. The molecule has 0 fully saturated rings. The first-order valence-corrected chi connectivity index (χ1v) is 9.07. The van der Waals surface area contributed by atoms with Crippen LogP contribution in [0.25, 0.3) is 0 Å². The largest absolute Gasteiger partial charge is 0.387 e. The molecule has 0 aromatic heterocycles. The second-order valence-corrected chi connectivity index (χ2v) is 7.46. The Labute approximate surface area is 142 Å². The minimum atomic E-state index is -3.72. The zero-order chi connectivity index (χ0) is 17.7. The second kappa shape index (κ2) is 7.58. The Morgan fingerprint density at radius 1 is 1.12 bits per heavy atom. The normalized spacial score (nSPS) is 12.8. The molecule has 0 saturated carbocycles. The number of aliphatic hydroxyl groups excluding tert-OH is 1. The number of likely N-dealkylation sites (N-methyl/N-ethyl adjacent to an activating group) is 1. The van der Waals surface area contributed by atoms with Gasteiger partial charge in [0, 0.05) is 13.1 Å². The van der Waals surface area contributed by atoms with Crippen LogP contribution >= 0.6 is 0 Å². The number of rotatable bonds is 6. The highest BCUT2D eigenvalue weighted by molar-refractivity contribution is 7.89. The van der Waals surface area contributed by atoms with Crippen molar-refractivity contribution in [3.8, 4) is 6.07 Å². The topological polar surface area (TPSA) is 81.4 Å². The number of aryl methyl sites for hydroxylation is 1. The number of hydrogen-bond acceptors (Lipinski definition) is 4. The van der Waals surface area contributed by atoms with Gasteiger partial charge in [-0.2, -0.15) is 9.57 Å². The van der Waals surface area contributed by atoms with Crippen LogP contribution in [0.5, 0.6) is 0 Å².